The van der Waals surface area contributed by atoms with Gasteiger partial charge in [0.2, 0.25) is 5.95 Å². The minimum atomic E-state index is -1.29. The van der Waals surface area contributed by atoms with Gasteiger partial charge in [-0.05, 0) is 0 Å². The highest BCUT2D eigenvalue weighted by Crippen LogP contribution is 2.25. The van der Waals surface area contributed by atoms with Crippen molar-refractivity contribution >= 4 is 34.2 Å². The number of hydrogen-bond donors (Lipinski definition) is 2. The molecule has 0 aliphatic rings. The highest BCUT2D eigenvalue weighted by atomic mass is 35.5. The molecule has 1 unspecified atom stereocenters. The molecule has 1 rings (SSSR count). The standard InChI is InChI=1S/C11H19ClN4O3S/c1-18-6-4-13-10-8(20(3)17)9(12)15-11(16-10)14-5-7-19-2/h4-7H2,1-3H3,(H2,13,14,15,16). The fourth-order valence-electron chi connectivity index (χ4n) is 1.41. The van der Waals surface area contributed by atoms with Crippen molar-refractivity contribution in [1.82, 2.24) is 9.97 Å². The lowest BCUT2D eigenvalue weighted by Gasteiger charge is -2.12. The van der Waals surface area contributed by atoms with Gasteiger partial charge < -0.3 is 20.1 Å². The average molecular weight is 323 g/mol. The van der Waals surface area contributed by atoms with Gasteiger partial charge in [-0.15, -0.1) is 0 Å². The van der Waals surface area contributed by atoms with E-state index in [1.165, 1.54) is 6.26 Å². The van der Waals surface area contributed by atoms with Crippen molar-refractivity contribution in [1.29, 1.82) is 0 Å². The third kappa shape index (κ3) is 5.20. The fourth-order valence-corrected chi connectivity index (χ4v) is 2.58. The number of nitrogens with one attached hydrogen (secondary N) is 2. The largest absolute Gasteiger partial charge is 0.383 e. The van der Waals surface area contributed by atoms with Crippen LogP contribution in [-0.2, 0) is 20.3 Å². The molecule has 1 heterocycles. The molecule has 0 saturated heterocycles. The number of methoxy groups -OCH3 is 2. The minimum absolute atomic E-state index is 0.167. The lowest BCUT2D eigenvalue weighted by molar-refractivity contribution is 0.210. The van der Waals surface area contributed by atoms with Crippen molar-refractivity contribution in [2.45, 2.75) is 4.90 Å². The summed E-state index contributed by atoms with van der Waals surface area (Å²) in [6.45, 7) is 2.11. The van der Waals surface area contributed by atoms with Crippen molar-refractivity contribution in [2.24, 2.45) is 0 Å². The van der Waals surface area contributed by atoms with Crippen LogP contribution in [0, 0.1) is 0 Å². The third-order valence-corrected chi connectivity index (χ3v) is 3.65. The molecular formula is C11H19ClN4O3S. The zero-order valence-electron chi connectivity index (χ0n) is 11.7. The van der Waals surface area contributed by atoms with Gasteiger partial charge in [0.05, 0.1) is 24.0 Å². The van der Waals surface area contributed by atoms with Gasteiger partial charge in [-0.2, -0.15) is 9.97 Å². The van der Waals surface area contributed by atoms with Crippen LogP contribution in [0.25, 0.3) is 0 Å². The Morgan fingerprint density at radius 2 is 1.75 bits per heavy atom. The Morgan fingerprint density at radius 1 is 1.15 bits per heavy atom. The number of halogens is 1. The predicted octanol–water partition coefficient (Wildman–Crippen LogP) is 0.984. The lowest BCUT2D eigenvalue weighted by atomic mass is 10.5. The van der Waals surface area contributed by atoms with E-state index in [4.69, 9.17) is 21.1 Å². The quantitative estimate of drug-likeness (QED) is 0.518. The Balaban J connectivity index is 2.92. The maximum absolute atomic E-state index is 11.7. The Bertz CT molecular complexity index is 462. The maximum atomic E-state index is 11.7. The molecule has 1 aromatic rings. The van der Waals surface area contributed by atoms with Gasteiger partial charge in [0.1, 0.15) is 10.7 Å². The number of hydrogen-bond acceptors (Lipinski definition) is 7. The van der Waals surface area contributed by atoms with Crippen molar-refractivity contribution in [3.8, 4) is 0 Å². The SMILES string of the molecule is COCCNc1nc(Cl)c(S(C)=O)c(NCCOC)n1. The molecule has 1 atom stereocenters. The van der Waals surface area contributed by atoms with Crippen LogP contribution in [-0.4, -0.2) is 61.0 Å². The molecule has 114 valence electrons. The summed E-state index contributed by atoms with van der Waals surface area (Å²) >= 11 is 6.07. The molecule has 1 aromatic heterocycles. The van der Waals surface area contributed by atoms with Gasteiger partial charge in [0.25, 0.3) is 0 Å². The van der Waals surface area contributed by atoms with Gasteiger partial charge in [-0.3, -0.25) is 4.21 Å². The first-order valence-corrected chi connectivity index (χ1v) is 7.90. The molecule has 0 fully saturated rings. The summed E-state index contributed by atoms with van der Waals surface area (Å²) in [7, 11) is 1.92. The zero-order chi connectivity index (χ0) is 15.0. The molecular weight excluding hydrogens is 304 g/mol. The van der Waals surface area contributed by atoms with E-state index in [1.807, 2.05) is 0 Å². The van der Waals surface area contributed by atoms with E-state index in [0.29, 0.717) is 43.0 Å². The molecule has 0 amide bonds. The summed E-state index contributed by atoms with van der Waals surface area (Å²) in [6.07, 6.45) is 1.53. The monoisotopic (exact) mass is 322 g/mol. The lowest BCUT2D eigenvalue weighted by Crippen LogP contribution is -2.15. The van der Waals surface area contributed by atoms with Gasteiger partial charge in [-0.1, -0.05) is 11.6 Å². The molecule has 0 bridgehead atoms. The van der Waals surface area contributed by atoms with Crippen LogP contribution in [0.2, 0.25) is 5.15 Å². The Labute approximate surface area is 125 Å². The Kier molecular flexibility index (Phi) is 7.75. The van der Waals surface area contributed by atoms with Crippen molar-refractivity contribution < 1.29 is 13.7 Å². The van der Waals surface area contributed by atoms with Crippen LogP contribution < -0.4 is 10.6 Å². The zero-order valence-corrected chi connectivity index (χ0v) is 13.3. The van der Waals surface area contributed by atoms with Crippen LogP contribution in [0.4, 0.5) is 11.8 Å². The Morgan fingerprint density at radius 3 is 2.30 bits per heavy atom. The van der Waals surface area contributed by atoms with Crippen molar-refractivity contribution in [3.05, 3.63) is 5.15 Å². The highest BCUT2D eigenvalue weighted by molar-refractivity contribution is 7.84. The second kappa shape index (κ2) is 9.06. The molecule has 7 nitrogen and oxygen atoms in total. The second-order valence-electron chi connectivity index (χ2n) is 3.81. The van der Waals surface area contributed by atoms with E-state index in [2.05, 4.69) is 20.6 Å². The highest BCUT2D eigenvalue weighted by Gasteiger charge is 2.16. The summed E-state index contributed by atoms with van der Waals surface area (Å²) in [5.74, 6) is 0.809. The van der Waals surface area contributed by atoms with E-state index in [1.54, 1.807) is 14.2 Å². The summed E-state index contributed by atoms with van der Waals surface area (Å²) < 4.78 is 21.6. The molecule has 0 aliphatic carbocycles. The third-order valence-electron chi connectivity index (χ3n) is 2.30. The van der Waals surface area contributed by atoms with E-state index in [9.17, 15) is 4.21 Å². The van der Waals surface area contributed by atoms with Crippen LogP contribution in [0.15, 0.2) is 4.90 Å². The molecule has 0 saturated carbocycles. The van der Waals surface area contributed by atoms with E-state index >= 15 is 0 Å². The van der Waals surface area contributed by atoms with Gasteiger partial charge in [0, 0.05) is 33.6 Å². The van der Waals surface area contributed by atoms with E-state index in [0.717, 1.165) is 0 Å². The van der Waals surface area contributed by atoms with Crippen molar-refractivity contribution in [3.63, 3.8) is 0 Å². The molecule has 0 aromatic carbocycles. The van der Waals surface area contributed by atoms with Crippen LogP contribution in [0.1, 0.15) is 0 Å². The number of aromatic nitrogens is 2. The molecule has 0 spiro atoms. The topological polar surface area (TPSA) is 85.4 Å². The van der Waals surface area contributed by atoms with Crippen LogP contribution in [0.5, 0.6) is 0 Å². The number of rotatable bonds is 9. The van der Waals surface area contributed by atoms with Gasteiger partial charge in [-0.25, -0.2) is 0 Å². The molecule has 20 heavy (non-hydrogen) atoms. The summed E-state index contributed by atoms with van der Waals surface area (Å²) in [6, 6.07) is 0. The summed E-state index contributed by atoms with van der Waals surface area (Å²) in [5, 5.41) is 6.19. The van der Waals surface area contributed by atoms with Crippen LogP contribution >= 0.6 is 11.6 Å². The minimum Gasteiger partial charge on any atom is -0.383 e. The first kappa shape index (κ1) is 17.1. The predicted molar refractivity (Wildman–Crippen MR) is 80.1 cm³/mol. The first-order valence-electron chi connectivity index (χ1n) is 5.96. The smallest absolute Gasteiger partial charge is 0.226 e. The van der Waals surface area contributed by atoms with Gasteiger partial charge in [0.15, 0.2) is 5.15 Å². The Hall–Kier alpha value is -0.960. The molecule has 0 aliphatic heterocycles. The number of nitrogens with zero attached hydrogens (tertiary/aromatic N) is 2. The average Bonchev–Trinajstić information content (AvgIpc) is 2.38. The molecule has 2 N–H and O–H groups in total. The molecule has 9 heteroatoms. The fraction of sp³-hybridized carbons (Fsp3) is 0.636. The first-order chi connectivity index (χ1) is 9.60. The summed E-state index contributed by atoms with van der Waals surface area (Å²) in [5.41, 5.74) is 0. The normalized spacial score (nSPS) is 12.2. The van der Waals surface area contributed by atoms with E-state index in [-0.39, 0.29) is 5.15 Å². The van der Waals surface area contributed by atoms with Crippen LogP contribution in [0.3, 0.4) is 0 Å². The second-order valence-corrected chi connectivity index (χ2v) is 5.48. The van der Waals surface area contributed by atoms with Gasteiger partial charge >= 0.3 is 0 Å². The van der Waals surface area contributed by atoms with Crippen molar-refractivity contribution in [2.75, 3.05) is 57.4 Å². The van der Waals surface area contributed by atoms with E-state index < -0.39 is 10.8 Å². The number of ether oxygens (including phenoxy) is 2. The molecule has 0 radical (unpaired) electrons. The maximum Gasteiger partial charge on any atom is 0.226 e. The summed E-state index contributed by atoms with van der Waals surface area (Å²) in [4.78, 5) is 8.74. The number of anilines is 2.